The van der Waals surface area contributed by atoms with Gasteiger partial charge in [0.25, 0.3) is 0 Å². The first kappa shape index (κ1) is 13.3. The van der Waals surface area contributed by atoms with E-state index < -0.39 is 0 Å². The van der Waals surface area contributed by atoms with E-state index >= 15 is 0 Å². The highest BCUT2D eigenvalue weighted by Crippen LogP contribution is 2.26. The van der Waals surface area contributed by atoms with Gasteiger partial charge in [0.05, 0.1) is 5.69 Å². The van der Waals surface area contributed by atoms with Crippen molar-refractivity contribution < 1.29 is 9.50 Å². The van der Waals surface area contributed by atoms with E-state index in [-0.39, 0.29) is 18.5 Å². The molecule has 1 aliphatic rings. The number of hydrogen-bond donors (Lipinski definition) is 1. The predicted molar refractivity (Wildman–Crippen MR) is 71.3 cm³/mol. The molecular formula is C14H21FN2O. The Morgan fingerprint density at radius 3 is 2.72 bits per heavy atom. The number of nitrogens with zero attached hydrogens (tertiary/aromatic N) is 2. The number of anilines is 1. The molecule has 1 fully saturated rings. The standard InChI is InChI=1S/C14H21FN2O/c1-11-9-17(12(7-8-18)10-16(11)2)14-6-4-3-5-13(14)15/h3-6,11-12,18H,7-10H2,1-2H3. The van der Waals surface area contributed by atoms with Crippen LogP contribution in [-0.2, 0) is 0 Å². The second kappa shape index (κ2) is 5.67. The Hall–Kier alpha value is -1.13. The molecule has 100 valence electrons. The number of para-hydroxylation sites is 1. The van der Waals surface area contributed by atoms with Crippen molar-refractivity contribution in [2.75, 3.05) is 31.6 Å². The first-order valence-corrected chi connectivity index (χ1v) is 6.45. The maximum atomic E-state index is 13.9. The monoisotopic (exact) mass is 252 g/mol. The first-order chi connectivity index (χ1) is 8.63. The second-order valence-electron chi connectivity index (χ2n) is 5.06. The minimum absolute atomic E-state index is 0.137. The summed E-state index contributed by atoms with van der Waals surface area (Å²) in [5, 5.41) is 9.17. The molecule has 1 N–H and O–H groups in total. The summed E-state index contributed by atoms with van der Waals surface area (Å²) in [6.45, 7) is 3.93. The third kappa shape index (κ3) is 2.65. The molecule has 2 rings (SSSR count). The molecule has 0 aliphatic carbocycles. The third-order valence-corrected chi connectivity index (χ3v) is 3.78. The van der Waals surface area contributed by atoms with Crippen LogP contribution >= 0.6 is 0 Å². The van der Waals surface area contributed by atoms with Crippen LogP contribution in [0.15, 0.2) is 24.3 Å². The number of halogens is 1. The first-order valence-electron chi connectivity index (χ1n) is 6.45. The molecule has 2 unspecified atom stereocenters. The molecule has 18 heavy (non-hydrogen) atoms. The number of aliphatic hydroxyl groups excluding tert-OH is 1. The number of aliphatic hydroxyl groups is 1. The highest BCUT2D eigenvalue weighted by molar-refractivity contribution is 5.49. The lowest BCUT2D eigenvalue weighted by molar-refractivity contribution is 0.176. The van der Waals surface area contributed by atoms with Gasteiger partial charge in [0.1, 0.15) is 5.82 Å². The van der Waals surface area contributed by atoms with Gasteiger partial charge in [-0.3, -0.25) is 4.90 Å². The van der Waals surface area contributed by atoms with Gasteiger partial charge in [-0.05, 0) is 32.5 Å². The summed E-state index contributed by atoms with van der Waals surface area (Å²) in [6.07, 6.45) is 0.672. The minimum Gasteiger partial charge on any atom is -0.396 e. The van der Waals surface area contributed by atoms with E-state index in [0.717, 1.165) is 13.1 Å². The molecule has 0 amide bonds. The summed E-state index contributed by atoms with van der Waals surface area (Å²) in [7, 11) is 2.08. The fourth-order valence-electron chi connectivity index (χ4n) is 2.56. The molecule has 0 bridgehead atoms. The lowest BCUT2D eigenvalue weighted by Gasteiger charge is -2.45. The van der Waals surface area contributed by atoms with Crippen molar-refractivity contribution in [1.82, 2.24) is 4.90 Å². The van der Waals surface area contributed by atoms with E-state index in [0.29, 0.717) is 18.2 Å². The van der Waals surface area contributed by atoms with E-state index in [1.165, 1.54) is 6.07 Å². The van der Waals surface area contributed by atoms with Crippen molar-refractivity contribution in [3.8, 4) is 0 Å². The zero-order chi connectivity index (χ0) is 13.1. The largest absolute Gasteiger partial charge is 0.396 e. The minimum atomic E-state index is -0.183. The van der Waals surface area contributed by atoms with Gasteiger partial charge < -0.3 is 10.0 Å². The van der Waals surface area contributed by atoms with Crippen LogP contribution in [0, 0.1) is 5.82 Å². The lowest BCUT2D eigenvalue weighted by Crippen LogP contribution is -2.56. The summed E-state index contributed by atoms with van der Waals surface area (Å²) in [5.41, 5.74) is 0.649. The number of likely N-dealkylation sites (N-methyl/N-ethyl adjacent to an activating group) is 1. The van der Waals surface area contributed by atoms with E-state index in [1.807, 2.05) is 12.1 Å². The van der Waals surface area contributed by atoms with Crippen LogP contribution in [0.2, 0.25) is 0 Å². The lowest BCUT2D eigenvalue weighted by atomic mass is 10.0. The fourth-order valence-corrected chi connectivity index (χ4v) is 2.56. The Labute approximate surface area is 108 Å². The molecule has 0 radical (unpaired) electrons. The molecule has 1 aromatic rings. The molecule has 0 spiro atoms. The highest BCUT2D eigenvalue weighted by atomic mass is 19.1. The Balaban J connectivity index is 2.25. The van der Waals surface area contributed by atoms with Crippen LogP contribution < -0.4 is 4.90 Å². The van der Waals surface area contributed by atoms with E-state index in [2.05, 4.69) is 23.8 Å². The summed E-state index contributed by atoms with van der Waals surface area (Å²) >= 11 is 0. The second-order valence-corrected chi connectivity index (χ2v) is 5.06. The fraction of sp³-hybridized carbons (Fsp3) is 0.571. The summed E-state index contributed by atoms with van der Waals surface area (Å²) < 4.78 is 13.9. The zero-order valence-electron chi connectivity index (χ0n) is 11.0. The Morgan fingerprint density at radius 1 is 1.33 bits per heavy atom. The molecule has 3 nitrogen and oxygen atoms in total. The van der Waals surface area contributed by atoms with Gasteiger partial charge in [0.2, 0.25) is 0 Å². The molecular weight excluding hydrogens is 231 g/mol. The molecule has 0 saturated carbocycles. The van der Waals surface area contributed by atoms with Gasteiger partial charge in [-0.15, -0.1) is 0 Å². The predicted octanol–water partition coefficient (Wildman–Crippen LogP) is 1.72. The summed E-state index contributed by atoms with van der Waals surface area (Å²) in [6, 6.07) is 7.44. The average Bonchev–Trinajstić information content (AvgIpc) is 2.35. The topological polar surface area (TPSA) is 26.7 Å². The SMILES string of the molecule is CC1CN(c2ccccc2F)C(CCO)CN1C. The Morgan fingerprint density at radius 2 is 2.06 bits per heavy atom. The van der Waals surface area contributed by atoms with Crippen LogP contribution in [0.3, 0.4) is 0 Å². The van der Waals surface area contributed by atoms with Crippen molar-refractivity contribution >= 4 is 5.69 Å². The quantitative estimate of drug-likeness (QED) is 0.887. The van der Waals surface area contributed by atoms with Crippen LogP contribution in [0.1, 0.15) is 13.3 Å². The van der Waals surface area contributed by atoms with Gasteiger partial charge in [0.15, 0.2) is 0 Å². The molecule has 2 atom stereocenters. The van der Waals surface area contributed by atoms with Gasteiger partial charge in [0, 0.05) is 31.8 Å². The van der Waals surface area contributed by atoms with E-state index in [9.17, 15) is 4.39 Å². The van der Waals surface area contributed by atoms with Crippen LogP contribution in [0.5, 0.6) is 0 Å². The van der Waals surface area contributed by atoms with Crippen molar-refractivity contribution in [1.29, 1.82) is 0 Å². The number of piperazine rings is 1. The molecule has 4 heteroatoms. The van der Waals surface area contributed by atoms with Crippen molar-refractivity contribution in [3.05, 3.63) is 30.1 Å². The summed E-state index contributed by atoms with van der Waals surface area (Å²) in [5.74, 6) is -0.183. The maximum Gasteiger partial charge on any atom is 0.146 e. The molecule has 0 aromatic heterocycles. The Kier molecular flexibility index (Phi) is 4.19. The van der Waals surface area contributed by atoms with Crippen LogP contribution in [0.4, 0.5) is 10.1 Å². The zero-order valence-corrected chi connectivity index (χ0v) is 11.0. The van der Waals surface area contributed by atoms with Crippen LogP contribution in [-0.4, -0.2) is 48.8 Å². The molecule has 1 aliphatic heterocycles. The van der Waals surface area contributed by atoms with E-state index in [1.54, 1.807) is 6.07 Å². The smallest absolute Gasteiger partial charge is 0.146 e. The normalized spacial score (nSPS) is 25.4. The summed E-state index contributed by atoms with van der Waals surface area (Å²) in [4.78, 5) is 4.36. The van der Waals surface area contributed by atoms with Gasteiger partial charge in [-0.25, -0.2) is 4.39 Å². The average molecular weight is 252 g/mol. The molecule has 1 aromatic carbocycles. The Bertz CT molecular complexity index is 399. The number of rotatable bonds is 3. The molecule has 1 heterocycles. The van der Waals surface area contributed by atoms with Crippen LogP contribution in [0.25, 0.3) is 0 Å². The maximum absolute atomic E-state index is 13.9. The highest BCUT2D eigenvalue weighted by Gasteiger charge is 2.30. The van der Waals surface area contributed by atoms with Gasteiger partial charge in [-0.2, -0.15) is 0 Å². The number of benzene rings is 1. The van der Waals surface area contributed by atoms with Gasteiger partial charge >= 0.3 is 0 Å². The number of hydrogen-bond acceptors (Lipinski definition) is 3. The third-order valence-electron chi connectivity index (χ3n) is 3.78. The van der Waals surface area contributed by atoms with Gasteiger partial charge in [-0.1, -0.05) is 12.1 Å². The van der Waals surface area contributed by atoms with E-state index in [4.69, 9.17) is 5.11 Å². The van der Waals surface area contributed by atoms with Crippen molar-refractivity contribution in [2.45, 2.75) is 25.4 Å². The van der Waals surface area contributed by atoms with Crippen molar-refractivity contribution in [3.63, 3.8) is 0 Å². The molecule has 1 saturated heterocycles. The van der Waals surface area contributed by atoms with Crippen molar-refractivity contribution in [2.24, 2.45) is 0 Å².